The number of nitrogen functional groups attached to an aromatic ring is 1. The van der Waals surface area contributed by atoms with Crippen molar-refractivity contribution in [2.75, 3.05) is 23.1 Å². The van der Waals surface area contributed by atoms with Gasteiger partial charge >= 0.3 is 0 Å². The van der Waals surface area contributed by atoms with Crippen LogP contribution in [0.5, 0.6) is 5.75 Å². The summed E-state index contributed by atoms with van der Waals surface area (Å²) in [4.78, 5) is 11.0. The second-order valence-corrected chi connectivity index (χ2v) is 7.89. The molecule has 0 bridgehead atoms. The van der Waals surface area contributed by atoms with E-state index in [2.05, 4.69) is 26.5 Å². The van der Waals surface area contributed by atoms with Gasteiger partial charge in [0.25, 0.3) is 0 Å². The fraction of sp³-hybridized carbons (Fsp3) is 0.0769. The standard InChI is InChI=1S/C26H21FN8O/c1-36-20-8-5-17(6-9-20)16-34(25-4-2-3-11-30-25)23-13-24(32-18-7-10-21(27)22(29)12-18)33-35-19(14-28)15-31-26(23)35/h2-13,15H,16,29H2,1H3,(H,32,33). The lowest BCUT2D eigenvalue weighted by Gasteiger charge is -2.25. The van der Waals surface area contributed by atoms with Crippen LogP contribution in [0.25, 0.3) is 5.65 Å². The van der Waals surface area contributed by atoms with Crippen LogP contribution in [-0.2, 0) is 6.54 Å². The molecule has 0 saturated heterocycles. The summed E-state index contributed by atoms with van der Waals surface area (Å²) in [5, 5.41) is 17.3. The molecule has 3 aromatic heterocycles. The van der Waals surface area contributed by atoms with Gasteiger partial charge in [0.15, 0.2) is 17.2 Å². The van der Waals surface area contributed by atoms with Crippen LogP contribution in [0, 0.1) is 17.1 Å². The number of aromatic nitrogens is 4. The molecule has 5 rings (SSSR count). The first-order valence-electron chi connectivity index (χ1n) is 11.0. The summed E-state index contributed by atoms with van der Waals surface area (Å²) in [6.07, 6.45) is 3.18. The zero-order valence-electron chi connectivity index (χ0n) is 19.3. The van der Waals surface area contributed by atoms with Crippen molar-refractivity contribution in [2.24, 2.45) is 0 Å². The number of hydrogen-bond donors (Lipinski definition) is 2. The van der Waals surface area contributed by atoms with Crippen LogP contribution in [0.3, 0.4) is 0 Å². The summed E-state index contributed by atoms with van der Waals surface area (Å²) in [6, 6.07) is 21.6. The lowest BCUT2D eigenvalue weighted by atomic mass is 10.2. The minimum absolute atomic E-state index is 0.0104. The number of nitrogens with two attached hydrogens (primary N) is 1. The molecule has 3 N–H and O–H groups in total. The Kier molecular flexibility index (Phi) is 6.03. The van der Waals surface area contributed by atoms with E-state index in [9.17, 15) is 9.65 Å². The summed E-state index contributed by atoms with van der Waals surface area (Å²) < 4.78 is 20.4. The fourth-order valence-corrected chi connectivity index (χ4v) is 3.77. The van der Waals surface area contributed by atoms with Crippen LogP contribution >= 0.6 is 0 Å². The predicted molar refractivity (Wildman–Crippen MR) is 135 cm³/mol. The first kappa shape index (κ1) is 22.6. The number of anilines is 5. The lowest BCUT2D eigenvalue weighted by Crippen LogP contribution is -2.19. The highest BCUT2D eigenvalue weighted by atomic mass is 19.1. The number of imidazole rings is 1. The van der Waals surface area contributed by atoms with Crippen LogP contribution in [0.4, 0.5) is 33.1 Å². The third kappa shape index (κ3) is 4.45. The number of halogens is 1. The van der Waals surface area contributed by atoms with Crippen LogP contribution in [-0.4, -0.2) is 26.7 Å². The highest BCUT2D eigenvalue weighted by Gasteiger charge is 2.20. The number of fused-ring (bicyclic) bond motifs is 1. The summed E-state index contributed by atoms with van der Waals surface area (Å²) in [7, 11) is 1.62. The van der Waals surface area contributed by atoms with Gasteiger partial charge in [-0.05, 0) is 48.0 Å². The molecule has 178 valence electrons. The van der Waals surface area contributed by atoms with Gasteiger partial charge in [0.1, 0.15) is 23.5 Å². The quantitative estimate of drug-likeness (QED) is 0.319. The first-order chi connectivity index (χ1) is 17.6. The van der Waals surface area contributed by atoms with Gasteiger partial charge in [-0.1, -0.05) is 18.2 Å². The molecule has 0 amide bonds. The molecular formula is C26H21FN8O. The maximum absolute atomic E-state index is 13.7. The van der Waals surface area contributed by atoms with Crippen molar-refractivity contribution in [1.82, 2.24) is 19.6 Å². The van der Waals surface area contributed by atoms with E-state index in [0.29, 0.717) is 35.2 Å². The van der Waals surface area contributed by atoms with E-state index in [4.69, 9.17) is 10.5 Å². The largest absolute Gasteiger partial charge is 0.497 e. The molecule has 0 radical (unpaired) electrons. The number of hydrogen-bond acceptors (Lipinski definition) is 8. The minimum Gasteiger partial charge on any atom is -0.497 e. The molecule has 0 aliphatic carbocycles. The second-order valence-electron chi connectivity index (χ2n) is 7.89. The lowest BCUT2D eigenvalue weighted by molar-refractivity contribution is 0.414. The number of methoxy groups -OCH3 is 1. The van der Waals surface area contributed by atoms with Crippen molar-refractivity contribution >= 4 is 34.3 Å². The molecule has 9 nitrogen and oxygen atoms in total. The van der Waals surface area contributed by atoms with Gasteiger partial charge in [-0.25, -0.2) is 14.4 Å². The monoisotopic (exact) mass is 480 g/mol. The van der Waals surface area contributed by atoms with Gasteiger partial charge in [-0.2, -0.15) is 9.78 Å². The Morgan fingerprint density at radius 3 is 2.64 bits per heavy atom. The molecule has 36 heavy (non-hydrogen) atoms. The molecule has 0 fully saturated rings. The van der Waals surface area contributed by atoms with E-state index in [1.807, 2.05) is 47.4 Å². The van der Waals surface area contributed by atoms with E-state index in [-0.39, 0.29) is 11.4 Å². The van der Waals surface area contributed by atoms with E-state index in [1.165, 1.54) is 22.8 Å². The summed E-state index contributed by atoms with van der Waals surface area (Å²) >= 11 is 0. The van der Waals surface area contributed by atoms with Crippen molar-refractivity contribution < 1.29 is 9.13 Å². The van der Waals surface area contributed by atoms with Crippen molar-refractivity contribution in [1.29, 1.82) is 5.26 Å². The zero-order valence-corrected chi connectivity index (χ0v) is 19.3. The highest BCUT2D eigenvalue weighted by Crippen LogP contribution is 2.32. The van der Waals surface area contributed by atoms with Crippen molar-refractivity contribution in [3.63, 3.8) is 0 Å². The molecule has 3 heterocycles. The van der Waals surface area contributed by atoms with Gasteiger partial charge in [0.05, 0.1) is 24.7 Å². The van der Waals surface area contributed by atoms with Gasteiger partial charge in [0.2, 0.25) is 0 Å². The number of nitrogens with one attached hydrogen (secondary N) is 1. The number of nitrogens with zero attached hydrogens (tertiary/aromatic N) is 6. The maximum Gasteiger partial charge on any atom is 0.179 e. The van der Waals surface area contributed by atoms with E-state index in [0.717, 1.165) is 11.3 Å². The Hall–Kier alpha value is -5.17. The Labute approximate surface area is 206 Å². The number of rotatable bonds is 7. The smallest absolute Gasteiger partial charge is 0.179 e. The predicted octanol–water partition coefficient (Wildman–Crippen LogP) is 4.81. The summed E-state index contributed by atoms with van der Waals surface area (Å²) in [5.74, 6) is 1.34. The number of ether oxygens (including phenoxy) is 1. The van der Waals surface area contributed by atoms with Crippen LogP contribution < -0.4 is 20.7 Å². The third-order valence-electron chi connectivity index (χ3n) is 5.55. The van der Waals surface area contributed by atoms with E-state index < -0.39 is 5.82 Å². The number of benzene rings is 2. The molecule has 0 aliphatic rings. The molecule has 0 unspecified atom stereocenters. The molecule has 0 atom stereocenters. The Morgan fingerprint density at radius 1 is 1.11 bits per heavy atom. The molecule has 5 aromatic rings. The average Bonchev–Trinajstić information content (AvgIpc) is 3.33. The van der Waals surface area contributed by atoms with E-state index >= 15 is 0 Å². The molecule has 2 aromatic carbocycles. The van der Waals surface area contributed by atoms with Gasteiger partial charge in [-0.15, -0.1) is 5.10 Å². The summed E-state index contributed by atoms with van der Waals surface area (Å²) in [5.41, 5.74) is 8.71. The highest BCUT2D eigenvalue weighted by molar-refractivity contribution is 5.78. The van der Waals surface area contributed by atoms with Crippen molar-refractivity contribution in [3.8, 4) is 11.8 Å². The summed E-state index contributed by atoms with van der Waals surface area (Å²) in [6.45, 7) is 0.457. The fourth-order valence-electron chi connectivity index (χ4n) is 3.77. The van der Waals surface area contributed by atoms with Crippen LogP contribution in [0.1, 0.15) is 11.3 Å². The first-order valence-corrected chi connectivity index (χ1v) is 11.0. The molecule has 10 heteroatoms. The third-order valence-corrected chi connectivity index (χ3v) is 5.55. The maximum atomic E-state index is 13.7. The van der Waals surface area contributed by atoms with Crippen LogP contribution in [0.15, 0.2) is 79.1 Å². The van der Waals surface area contributed by atoms with Gasteiger partial charge in [-0.3, -0.25) is 0 Å². The van der Waals surface area contributed by atoms with Crippen molar-refractivity contribution in [2.45, 2.75) is 6.54 Å². The molecular weight excluding hydrogens is 459 g/mol. The minimum atomic E-state index is -0.508. The molecule has 0 aliphatic heterocycles. The molecule has 0 saturated carbocycles. The number of pyridine rings is 1. The Morgan fingerprint density at radius 2 is 1.94 bits per heavy atom. The van der Waals surface area contributed by atoms with Gasteiger partial charge < -0.3 is 20.7 Å². The molecule has 0 spiro atoms. The van der Waals surface area contributed by atoms with E-state index in [1.54, 1.807) is 25.4 Å². The zero-order chi connectivity index (χ0) is 25.1. The van der Waals surface area contributed by atoms with Gasteiger partial charge in [0, 0.05) is 24.5 Å². The second kappa shape index (κ2) is 9.60. The average molecular weight is 481 g/mol. The van der Waals surface area contributed by atoms with Crippen LogP contribution in [0.2, 0.25) is 0 Å². The number of nitriles is 1. The Balaban J connectivity index is 1.64. The topological polar surface area (TPSA) is 117 Å². The Bertz CT molecular complexity index is 1560. The SMILES string of the molecule is COc1ccc(CN(c2ccccn2)c2cc(Nc3ccc(F)c(N)c3)nn3c(C#N)cnc23)cc1. The normalized spacial score (nSPS) is 10.7. The van der Waals surface area contributed by atoms with Crippen molar-refractivity contribution in [3.05, 3.63) is 96.2 Å².